The number of carbonyl (C=O) groups is 1. The topological polar surface area (TPSA) is 119 Å². The van der Waals surface area contributed by atoms with Gasteiger partial charge in [-0.2, -0.15) is 9.29 Å². The molecule has 0 aliphatic carbocycles. The number of amides is 1. The molecule has 1 amide bonds. The van der Waals surface area contributed by atoms with E-state index >= 15 is 0 Å². The highest BCUT2D eigenvalue weighted by atomic mass is 32.2. The molecule has 0 unspecified atom stereocenters. The lowest BCUT2D eigenvalue weighted by molar-refractivity contribution is 0.167. The van der Waals surface area contributed by atoms with Crippen LogP contribution in [0.1, 0.15) is 26.2 Å². The second-order valence-corrected chi connectivity index (χ2v) is 8.79. The van der Waals surface area contributed by atoms with Crippen molar-refractivity contribution in [2.24, 2.45) is 7.05 Å². The number of hydrogen-bond donors (Lipinski definition) is 1. The molecule has 3 heterocycles. The van der Waals surface area contributed by atoms with Gasteiger partial charge in [0.1, 0.15) is 5.52 Å². The first-order valence-corrected chi connectivity index (χ1v) is 10.9. The Kier molecular flexibility index (Phi) is 5.09. The number of anilines is 1. The Morgan fingerprint density at radius 3 is 2.69 bits per heavy atom. The molecular weight excluding hydrogens is 396 g/mol. The van der Waals surface area contributed by atoms with E-state index < -0.39 is 16.1 Å². The monoisotopic (exact) mass is 418 g/mol. The van der Waals surface area contributed by atoms with Gasteiger partial charge in [0.15, 0.2) is 5.65 Å². The summed E-state index contributed by atoms with van der Waals surface area (Å²) in [5.41, 5.74) is 1.72. The second kappa shape index (κ2) is 7.56. The minimum absolute atomic E-state index is 0.0167. The zero-order valence-corrected chi connectivity index (χ0v) is 17.1. The first-order chi connectivity index (χ1) is 13.9. The summed E-state index contributed by atoms with van der Waals surface area (Å²) in [6.45, 7) is 3.01. The Balaban J connectivity index is 1.76. The number of fused-ring (bicyclic) bond motifs is 3. The van der Waals surface area contributed by atoms with Gasteiger partial charge in [0.2, 0.25) is 10.0 Å². The van der Waals surface area contributed by atoms with Gasteiger partial charge in [-0.3, -0.25) is 5.32 Å². The van der Waals surface area contributed by atoms with E-state index in [1.54, 1.807) is 36.7 Å². The molecule has 0 bridgehead atoms. The molecule has 1 fully saturated rings. The van der Waals surface area contributed by atoms with Crippen LogP contribution in [0.25, 0.3) is 22.1 Å². The number of ether oxygens (including phenoxy) is 1. The fourth-order valence-electron chi connectivity index (χ4n) is 3.56. The van der Waals surface area contributed by atoms with Crippen molar-refractivity contribution in [3.63, 3.8) is 0 Å². The van der Waals surface area contributed by atoms with Crippen LogP contribution in [0.5, 0.6) is 0 Å². The Hall–Kier alpha value is -2.79. The van der Waals surface area contributed by atoms with Gasteiger partial charge in [0, 0.05) is 25.5 Å². The quantitative estimate of drug-likeness (QED) is 0.690. The van der Waals surface area contributed by atoms with E-state index in [2.05, 4.69) is 20.5 Å². The molecule has 11 heteroatoms. The fourth-order valence-corrected chi connectivity index (χ4v) is 5.11. The summed E-state index contributed by atoms with van der Waals surface area (Å²) in [6.07, 6.45) is 2.14. The molecule has 1 N–H and O–H groups in total. The van der Waals surface area contributed by atoms with E-state index in [-0.39, 0.29) is 17.5 Å². The Labute approximate surface area is 167 Å². The third-order valence-corrected chi connectivity index (χ3v) is 6.91. The number of piperidine rings is 1. The molecule has 0 spiro atoms. The van der Waals surface area contributed by atoms with Gasteiger partial charge in [0.25, 0.3) is 5.95 Å². The average Bonchev–Trinajstić information content (AvgIpc) is 3.00. The summed E-state index contributed by atoms with van der Waals surface area (Å²) in [6, 6.07) is 4.97. The highest BCUT2D eigenvalue weighted by molar-refractivity contribution is 7.89. The summed E-state index contributed by atoms with van der Waals surface area (Å²) in [4.78, 5) is 16.2. The van der Waals surface area contributed by atoms with Crippen molar-refractivity contribution in [2.75, 3.05) is 25.0 Å². The smallest absolute Gasteiger partial charge is 0.414 e. The van der Waals surface area contributed by atoms with Gasteiger partial charge in [0.05, 0.1) is 17.0 Å². The van der Waals surface area contributed by atoms with Crippen LogP contribution in [0.4, 0.5) is 10.7 Å². The third-order valence-electron chi connectivity index (χ3n) is 5.01. The van der Waals surface area contributed by atoms with Gasteiger partial charge in [-0.15, -0.1) is 10.2 Å². The largest absolute Gasteiger partial charge is 0.450 e. The predicted octanol–water partition coefficient (Wildman–Crippen LogP) is 2.26. The molecular formula is C18H22N6O4S. The Bertz CT molecular complexity index is 1180. The SMILES string of the molecule is CCOC(=O)Nc1nnc2c3cc(S(=O)(=O)N4CCCCC4)ccc3n(C)c2n1. The molecule has 3 aromatic rings. The second-order valence-electron chi connectivity index (χ2n) is 6.86. The summed E-state index contributed by atoms with van der Waals surface area (Å²) >= 11 is 0. The zero-order valence-electron chi connectivity index (χ0n) is 16.3. The fraction of sp³-hybridized carbons (Fsp3) is 0.444. The first kappa shape index (κ1) is 19.5. The van der Waals surface area contributed by atoms with E-state index in [9.17, 15) is 13.2 Å². The maximum atomic E-state index is 13.0. The van der Waals surface area contributed by atoms with Crippen LogP contribution in [-0.2, 0) is 21.8 Å². The van der Waals surface area contributed by atoms with Gasteiger partial charge in [-0.1, -0.05) is 6.42 Å². The lowest BCUT2D eigenvalue weighted by Gasteiger charge is -2.25. The molecule has 1 aliphatic heterocycles. The molecule has 1 aliphatic rings. The number of nitrogens with one attached hydrogen (secondary N) is 1. The summed E-state index contributed by atoms with van der Waals surface area (Å²) < 4.78 is 34.2. The number of aryl methyl sites for hydroxylation is 1. The van der Waals surface area contributed by atoms with Gasteiger partial charge in [-0.05, 0) is 38.0 Å². The number of aromatic nitrogens is 4. The molecule has 0 saturated carbocycles. The molecule has 1 aromatic carbocycles. The maximum absolute atomic E-state index is 13.0. The van der Waals surface area contributed by atoms with Crippen LogP contribution in [0.2, 0.25) is 0 Å². The molecule has 1 saturated heterocycles. The maximum Gasteiger partial charge on any atom is 0.414 e. The van der Waals surface area contributed by atoms with Crippen molar-refractivity contribution in [3.8, 4) is 0 Å². The molecule has 154 valence electrons. The van der Waals surface area contributed by atoms with E-state index in [4.69, 9.17) is 4.74 Å². The Morgan fingerprint density at radius 1 is 1.21 bits per heavy atom. The van der Waals surface area contributed by atoms with Gasteiger partial charge < -0.3 is 9.30 Å². The van der Waals surface area contributed by atoms with Crippen LogP contribution in [0, 0.1) is 0 Å². The van der Waals surface area contributed by atoms with Crippen molar-refractivity contribution in [3.05, 3.63) is 18.2 Å². The summed E-state index contributed by atoms with van der Waals surface area (Å²) in [5.74, 6) is 0.0167. The number of nitrogens with zero attached hydrogens (tertiary/aromatic N) is 5. The van der Waals surface area contributed by atoms with Gasteiger partial charge >= 0.3 is 6.09 Å². The van der Waals surface area contributed by atoms with E-state index in [0.717, 1.165) is 24.8 Å². The number of rotatable bonds is 4. The minimum atomic E-state index is -3.56. The van der Waals surface area contributed by atoms with Crippen molar-refractivity contribution >= 4 is 44.1 Å². The van der Waals surface area contributed by atoms with E-state index in [1.165, 1.54) is 4.31 Å². The first-order valence-electron chi connectivity index (χ1n) is 9.48. The average molecular weight is 418 g/mol. The van der Waals surface area contributed by atoms with Crippen LogP contribution >= 0.6 is 0 Å². The van der Waals surface area contributed by atoms with Crippen LogP contribution < -0.4 is 5.32 Å². The van der Waals surface area contributed by atoms with E-state index in [1.807, 2.05) is 0 Å². The lowest BCUT2D eigenvalue weighted by Crippen LogP contribution is -2.35. The van der Waals surface area contributed by atoms with Gasteiger partial charge in [-0.25, -0.2) is 13.2 Å². The number of carbonyl (C=O) groups excluding carboxylic acids is 1. The van der Waals surface area contributed by atoms with Crippen molar-refractivity contribution in [1.29, 1.82) is 0 Å². The normalized spacial score (nSPS) is 15.7. The van der Waals surface area contributed by atoms with Crippen molar-refractivity contribution in [1.82, 2.24) is 24.1 Å². The Morgan fingerprint density at radius 2 is 1.97 bits per heavy atom. The molecule has 4 rings (SSSR count). The molecule has 29 heavy (non-hydrogen) atoms. The van der Waals surface area contributed by atoms with Crippen molar-refractivity contribution in [2.45, 2.75) is 31.1 Å². The predicted molar refractivity (Wildman–Crippen MR) is 107 cm³/mol. The zero-order chi connectivity index (χ0) is 20.6. The van der Waals surface area contributed by atoms with Crippen LogP contribution in [0.3, 0.4) is 0 Å². The molecule has 0 atom stereocenters. The highest BCUT2D eigenvalue weighted by Crippen LogP contribution is 2.29. The summed E-state index contributed by atoms with van der Waals surface area (Å²) in [5, 5.41) is 11.2. The van der Waals surface area contributed by atoms with Crippen molar-refractivity contribution < 1.29 is 17.9 Å². The highest BCUT2D eigenvalue weighted by Gasteiger charge is 2.27. The molecule has 10 nitrogen and oxygen atoms in total. The summed E-state index contributed by atoms with van der Waals surface area (Å²) in [7, 11) is -1.76. The van der Waals surface area contributed by atoms with Crippen LogP contribution in [0.15, 0.2) is 23.1 Å². The number of hydrogen-bond acceptors (Lipinski definition) is 7. The molecule has 2 aromatic heterocycles. The lowest BCUT2D eigenvalue weighted by atomic mass is 10.2. The standard InChI is InChI=1S/C18H22N6O4S/c1-3-28-18(25)20-17-19-16-15(21-22-17)13-11-12(7-8-14(13)23(16)2)29(26,27)24-9-5-4-6-10-24/h7-8,11H,3-6,9-10H2,1-2H3,(H,19,20,22,25). The number of benzene rings is 1. The number of sulfonamides is 1. The minimum Gasteiger partial charge on any atom is -0.450 e. The molecule has 0 radical (unpaired) electrons. The third kappa shape index (κ3) is 3.51. The van der Waals surface area contributed by atoms with Crippen LogP contribution in [-0.4, -0.2) is 58.3 Å². The van der Waals surface area contributed by atoms with E-state index in [0.29, 0.717) is 29.6 Å².